The third-order valence-electron chi connectivity index (χ3n) is 3.73. The molecule has 0 atom stereocenters. The molecule has 0 aliphatic carbocycles. The number of hydrogen-bond acceptors (Lipinski definition) is 5. The molecule has 2 aromatic heterocycles. The van der Waals surface area contributed by atoms with Gasteiger partial charge >= 0.3 is 0 Å². The van der Waals surface area contributed by atoms with Crippen molar-refractivity contribution in [1.29, 1.82) is 0 Å². The Labute approximate surface area is 147 Å². The van der Waals surface area contributed by atoms with Gasteiger partial charge in [0.15, 0.2) is 17.1 Å². The van der Waals surface area contributed by atoms with Gasteiger partial charge in [-0.3, -0.25) is 9.59 Å². The van der Waals surface area contributed by atoms with Gasteiger partial charge in [-0.2, -0.15) is 0 Å². The molecule has 0 aliphatic rings. The SMILES string of the molecule is CC(=O)c1c(C)[nH]c(C(=O)CSc2nc3ccc(Cl)cc3o2)c1C. The van der Waals surface area contributed by atoms with Crippen LogP contribution in [0, 0.1) is 13.8 Å². The zero-order valence-corrected chi connectivity index (χ0v) is 15.0. The van der Waals surface area contributed by atoms with Crippen molar-refractivity contribution >= 4 is 46.0 Å². The third-order valence-corrected chi connectivity index (χ3v) is 4.79. The van der Waals surface area contributed by atoms with Gasteiger partial charge in [0.05, 0.1) is 11.4 Å². The maximum absolute atomic E-state index is 12.4. The van der Waals surface area contributed by atoms with Crippen LogP contribution in [0.4, 0.5) is 0 Å². The first-order chi connectivity index (χ1) is 11.4. The normalized spacial score (nSPS) is 11.2. The van der Waals surface area contributed by atoms with Crippen LogP contribution in [0.2, 0.25) is 5.02 Å². The first-order valence-corrected chi connectivity index (χ1v) is 8.65. The number of aromatic amines is 1. The monoisotopic (exact) mass is 362 g/mol. The third kappa shape index (κ3) is 3.12. The summed E-state index contributed by atoms with van der Waals surface area (Å²) in [4.78, 5) is 31.4. The van der Waals surface area contributed by atoms with Crippen molar-refractivity contribution in [2.75, 3.05) is 5.75 Å². The highest BCUT2D eigenvalue weighted by molar-refractivity contribution is 7.99. The number of H-pyrrole nitrogens is 1. The fraction of sp³-hybridized carbons (Fsp3) is 0.235. The summed E-state index contributed by atoms with van der Waals surface area (Å²) in [7, 11) is 0. The van der Waals surface area contributed by atoms with Crippen molar-refractivity contribution in [2.24, 2.45) is 0 Å². The molecule has 124 valence electrons. The Morgan fingerprint density at radius 1 is 1.33 bits per heavy atom. The maximum Gasteiger partial charge on any atom is 0.257 e. The van der Waals surface area contributed by atoms with Crippen LogP contribution in [0.5, 0.6) is 0 Å². The van der Waals surface area contributed by atoms with Crippen molar-refractivity contribution in [2.45, 2.75) is 26.0 Å². The molecule has 3 aromatic rings. The molecular weight excluding hydrogens is 348 g/mol. The van der Waals surface area contributed by atoms with E-state index in [1.807, 2.05) is 0 Å². The molecule has 0 aliphatic heterocycles. The number of halogens is 1. The molecule has 0 bridgehead atoms. The average molecular weight is 363 g/mol. The number of hydrogen-bond donors (Lipinski definition) is 1. The number of aryl methyl sites for hydroxylation is 1. The minimum absolute atomic E-state index is 0.0521. The van der Waals surface area contributed by atoms with E-state index in [0.717, 1.165) is 0 Å². The van der Waals surface area contributed by atoms with Gasteiger partial charge in [-0.05, 0) is 38.5 Å². The maximum atomic E-state index is 12.4. The summed E-state index contributed by atoms with van der Waals surface area (Å²) in [5.41, 5.74) is 3.73. The van der Waals surface area contributed by atoms with Crippen molar-refractivity contribution in [3.8, 4) is 0 Å². The number of benzene rings is 1. The molecule has 24 heavy (non-hydrogen) atoms. The van der Waals surface area contributed by atoms with Crippen LogP contribution in [0.15, 0.2) is 27.8 Å². The summed E-state index contributed by atoms with van der Waals surface area (Å²) < 4.78 is 5.58. The summed E-state index contributed by atoms with van der Waals surface area (Å²) >= 11 is 7.13. The number of fused-ring (bicyclic) bond motifs is 1. The lowest BCUT2D eigenvalue weighted by molar-refractivity contribution is 0.101. The summed E-state index contributed by atoms with van der Waals surface area (Å²) in [6.07, 6.45) is 0. The van der Waals surface area contributed by atoms with E-state index in [-0.39, 0.29) is 17.3 Å². The molecule has 7 heteroatoms. The highest BCUT2D eigenvalue weighted by Crippen LogP contribution is 2.27. The molecule has 0 radical (unpaired) electrons. The van der Waals surface area contributed by atoms with E-state index >= 15 is 0 Å². The topological polar surface area (TPSA) is 76.0 Å². The lowest BCUT2D eigenvalue weighted by atomic mass is 10.1. The summed E-state index contributed by atoms with van der Waals surface area (Å²) in [5, 5.41) is 0.980. The molecule has 3 rings (SSSR count). The summed E-state index contributed by atoms with van der Waals surface area (Å²) in [6.45, 7) is 5.06. The number of oxazole rings is 1. The fourth-order valence-electron chi connectivity index (χ4n) is 2.70. The van der Waals surface area contributed by atoms with Crippen LogP contribution in [-0.4, -0.2) is 27.3 Å². The molecule has 0 fully saturated rings. The van der Waals surface area contributed by atoms with E-state index in [2.05, 4.69) is 9.97 Å². The Kier molecular flexibility index (Phi) is 4.51. The quantitative estimate of drug-likeness (QED) is 0.530. The van der Waals surface area contributed by atoms with Crippen molar-refractivity contribution in [1.82, 2.24) is 9.97 Å². The van der Waals surface area contributed by atoms with E-state index in [4.69, 9.17) is 16.0 Å². The molecule has 0 amide bonds. The standard InChI is InChI=1S/C17H15ClN2O3S/c1-8-15(10(3)21)9(2)19-16(8)13(22)7-24-17-20-12-5-4-11(18)6-14(12)23-17/h4-6,19H,7H2,1-3H3. The second-order valence-electron chi connectivity index (χ2n) is 5.48. The summed E-state index contributed by atoms with van der Waals surface area (Å²) in [5.74, 6) is 0.00997. The Morgan fingerprint density at radius 2 is 2.08 bits per heavy atom. The van der Waals surface area contributed by atoms with Crippen LogP contribution < -0.4 is 0 Å². The van der Waals surface area contributed by atoms with E-state index in [1.165, 1.54) is 18.7 Å². The van der Waals surface area contributed by atoms with Gasteiger partial charge in [0.2, 0.25) is 0 Å². The lowest BCUT2D eigenvalue weighted by Crippen LogP contribution is -2.05. The van der Waals surface area contributed by atoms with E-state index in [9.17, 15) is 9.59 Å². The largest absolute Gasteiger partial charge is 0.431 e. The predicted octanol–water partition coefficient (Wildman–Crippen LogP) is 4.60. The highest BCUT2D eigenvalue weighted by atomic mass is 35.5. The number of Topliss-reactive ketones (excluding diaryl/α,β-unsaturated/α-hetero) is 2. The van der Waals surface area contributed by atoms with Gasteiger partial charge in [-0.15, -0.1) is 0 Å². The smallest absolute Gasteiger partial charge is 0.257 e. The minimum Gasteiger partial charge on any atom is -0.431 e. The van der Waals surface area contributed by atoms with Crippen LogP contribution >= 0.6 is 23.4 Å². The molecular formula is C17H15ClN2O3S. The minimum atomic E-state index is -0.103. The number of aromatic nitrogens is 2. The van der Waals surface area contributed by atoms with Crippen molar-refractivity contribution in [3.63, 3.8) is 0 Å². The highest BCUT2D eigenvalue weighted by Gasteiger charge is 2.20. The molecule has 1 aromatic carbocycles. The fourth-order valence-corrected chi connectivity index (χ4v) is 3.57. The van der Waals surface area contributed by atoms with E-state index in [1.54, 1.807) is 32.0 Å². The molecule has 0 saturated heterocycles. The van der Waals surface area contributed by atoms with Gasteiger partial charge in [0.1, 0.15) is 5.52 Å². The number of thioether (sulfide) groups is 1. The molecule has 2 heterocycles. The van der Waals surface area contributed by atoms with E-state index < -0.39 is 0 Å². The number of rotatable bonds is 5. The van der Waals surface area contributed by atoms with Crippen LogP contribution in [0.1, 0.15) is 39.0 Å². The van der Waals surface area contributed by atoms with Crippen LogP contribution in [0.25, 0.3) is 11.1 Å². The number of carbonyl (C=O) groups excluding carboxylic acids is 2. The second-order valence-corrected chi connectivity index (χ2v) is 6.85. The van der Waals surface area contributed by atoms with Gasteiger partial charge in [0, 0.05) is 22.3 Å². The van der Waals surface area contributed by atoms with E-state index in [0.29, 0.717) is 43.9 Å². The van der Waals surface area contributed by atoms with Crippen molar-refractivity contribution in [3.05, 3.63) is 45.7 Å². The average Bonchev–Trinajstić information content (AvgIpc) is 3.04. The Bertz CT molecular complexity index is 958. The molecule has 0 spiro atoms. The summed E-state index contributed by atoms with van der Waals surface area (Å²) in [6, 6.07) is 5.19. The lowest BCUT2D eigenvalue weighted by Gasteiger charge is -1.99. The predicted molar refractivity (Wildman–Crippen MR) is 94.3 cm³/mol. The molecule has 0 unspecified atom stereocenters. The second kappa shape index (κ2) is 6.45. The molecule has 5 nitrogen and oxygen atoms in total. The van der Waals surface area contributed by atoms with Gasteiger partial charge < -0.3 is 9.40 Å². The first kappa shape index (κ1) is 16.8. The Morgan fingerprint density at radius 3 is 2.75 bits per heavy atom. The molecule has 1 N–H and O–H groups in total. The number of ketones is 2. The van der Waals surface area contributed by atoms with Gasteiger partial charge in [-0.1, -0.05) is 23.4 Å². The van der Waals surface area contributed by atoms with Gasteiger partial charge in [0.25, 0.3) is 5.22 Å². The van der Waals surface area contributed by atoms with Gasteiger partial charge in [-0.25, -0.2) is 4.98 Å². The Balaban J connectivity index is 1.77. The number of nitrogens with zero attached hydrogens (tertiary/aromatic N) is 1. The number of nitrogens with one attached hydrogen (secondary N) is 1. The zero-order valence-electron chi connectivity index (χ0n) is 13.4. The van der Waals surface area contributed by atoms with Crippen molar-refractivity contribution < 1.29 is 14.0 Å². The zero-order chi connectivity index (χ0) is 17.4. The molecule has 0 saturated carbocycles. The first-order valence-electron chi connectivity index (χ1n) is 7.29. The van der Waals surface area contributed by atoms with Crippen LogP contribution in [0.3, 0.4) is 0 Å². The number of carbonyl (C=O) groups is 2. The Hall–Kier alpha value is -2.05. The van der Waals surface area contributed by atoms with Crippen LogP contribution in [-0.2, 0) is 0 Å².